The van der Waals surface area contributed by atoms with Crippen molar-refractivity contribution < 1.29 is 14.3 Å². The fraction of sp³-hybridized carbons (Fsp3) is 0.833. The van der Waals surface area contributed by atoms with Crippen LogP contribution in [0.4, 0.5) is 0 Å². The summed E-state index contributed by atoms with van der Waals surface area (Å²) in [5, 5.41) is 5.65. The van der Waals surface area contributed by atoms with E-state index in [1.165, 1.54) is 0 Å². The minimum Gasteiger partial charge on any atom is -0.379 e. The third-order valence-electron chi connectivity index (χ3n) is 3.45. The van der Waals surface area contributed by atoms with Crippen molar-refractivity contribution in [2.24, 2.45) is 5.92 Å². The van der Waals surface area contributed by atoms with Gasteiger partial charge in [-0.15, -0.1) is 0 Å². The molecule has 0 aromatic heterocycles. The van der Waals surface area contributed by atoms with Gasteiger partial charge in [0.05, 0.1) is 13.2 Å². The lowest BCUT2D eigenvalue weighted by molar-refractivity contribution is -0.132. The zero-order valence-electron chi connectivity index (χ0n) is 10.6. The number of rotatable bonds is 4. The van der Waals surface area contributed by atoms with Gasteiger partial charge in [-0.2, -0.15) is 0 Å². The number of hydrogen-bond donors (Lipinski definition) is 2. The summed E-state index contributed by atoms with van der Waals surface area (Å²) in [6.07, 6.45) is 1.07. The molecule has 0 aromatic rings. The van der Waals surface area contributed by atoms with Gasteiger partial charge in [-0.3, -0.25) is 14.5 Å². The predicted molar refractivity (Wildman–Crippen MR) is 66.0 cm³/mol. The molecule has 0 saturated carbocycles. The zero-order chi connectivity index (χ0) is 12.8. The Kier molecular flexibility index (Phi) is 4.95. The molecule has 6 nitrogen and oxygen atoms in total. The van der Waals surface area contributed by atoms with Gasteiger partial charge in [0.2, 0.25) is 11.8 Å². The van der Waals surface area contributed by atoms with Crippen LogP contribution in [0.25, 0.3) is 0 Å². The Bertz CT molecular complexity index is 303. The molecule has 2 fully saturated rings. The van der Waals surface area contributed by atoms with E-state index >= 15 is 0 Å². The molecule has 0 aliphatic carbocycles. The maximum atomic E-state index is 11.9. The lowest BCUT2D eigenvalue weighted by atomic mass is 9.97. The number of hydrogen-bond acceptors (Lipinski definition) is 4. The average Bonchev–Trinajstić information content (AvgIpc) is 2.40. The number of carbonyl (C=O) groups is 2. The van der Waals surface area contributed by atoms with E-state index in [2.05, 4.69) is 15.5 Å². The van der Waals surface area contributed by atoms with Crippen molar-refractivity contribution in [1.29, 1.82) is 0 Å². The summed E-state index contributed by atoms with van der Waals surface area (Å²) in [6.45, 7) is 5.53. The van der Waals surface area contributed by atoms with Crippen LogP contribution < -0.4 is 10.6 Å². The monoisotopic (exact) mass is 255 g/mol. The summed E-state index contributed by atoms with van der Waals surface area (Å²) in [5.74, 6) is -0.156. The summed E-state index contributed by atoms with van der Waals surface area (Å²) in [5.41, 5.74) is 0. The van der Waals surface area contributed by atoms with Gasteiger partial charge in [0.25, 0.3) is 0 Å². The highest BCUT2D eigenvalue weighted by Crippen LogP contribution is 2.12. The molecule has 102 valence electrons. The third-order valence-corrected chi connectivity index (χ3v) is 3.45. The molecule has 2 heterocycles. The van der Waals surface area contributed by atoms with E-state index in [-0.39, 0.29) is 17.7 Å². The second-order valence-electron chi connectivity index (χ2n) is 4.78. The Morgan fingerprint density at radius 3 is 2.94 bits per heavy atom. The summed E-state index contributed by atoms with van der Waals surface area (Å²) in [4.78, 5) is 25.3. The summed E-state index contributed by atoms with van der Waals surface area (Å²) in [7, 11) is 0. The highest BCUT2D eigenvalue weighted by Gasteiger charge is 2.25. The molecule has 0 spiro atoms. The van der Waals surface area contributed by atoms with Crippen LogP contribution in [0.15, 0.2) is 0 Å². The molecule has 2 saturated heterocycles. The maximum Gasteiger partial charge on any atom is 0.223 e. The minimum atomic E-state index is -0.150. The second-order valence-corrected chi connectivity index (χ2v) is 4.78. The molecule has 2 rings (SSSR count). The van der Waals surface area contributed by atoms with Crippen LogP contribution >= 0.6 is 0 Å². The summed E-state index contributed by atoms with van der Waals surface area (Å²) < 4.78 is 5.26. The van der Waals surface area contributed by atoms with E-state index in [9.17, 15) is 9.59 Å². The molecule has 2 N–H and O–H groups in total. The summed E-state index contributed by atoms with van der Waals surface area (Å²) in [6, 6.07) is 0. The largest absolute Gasteiger partial charge is 0.379 e. The topological polar surface area (TPSA) is 70.7 Å². The molecular formula is C12H21N3O3. The van der Waals surface area contributed by atoms with Gasteiger partial charge in [-0.25, -0.2) is 0 Å². The van der Waals surface area contributed by atoms with E-state index < -0.39 is 0 Å². The van der Waals surface area contributed by atoms with Crippen molar-refractivity contribution >= 4 is 11.8 Å². The quantitative estimate of drug-likeness (QED) is 0.673. The lowest BCUT2D eigenvalue weighted by Crippen LogP contribution is -2.44. The van der Waals surface area contributed by atoms with Crippen LogP contribution in [0.5, 0.6) is 0 Å². The molecule has 6 heteroatoms. The van der Waals surface area contributed by atoms with Crippen molar-refractivity contribution in [3.05, 3.63) is 0 Å². The first-order chi connectivity index (χ1) is 8.75. The van der Waals surface area contributed by atoms with Crippen LogP contribution in [-0.4, -0.2) is 62.7 Å². The van der Waals surface area contributed by atoms with Gasteiger partial charge < -0.3 is 15.4 Å². The zero-order valence-corrected chi connectivity index (χ0v) is 10.6. The van der Waals surface area contributed by atoms with E-state index in [0.29, 0.717) is 19.5 Å². The minimum absolute atomic E-state index is 0.0121. The van der Waals surface area contributed by atoms with Crippen LogP contribution in [0.2, 0.25) is 0 Å². The number of morpholine rings is 1. The fourth-order valence-electron chi connectivity index (χ4n) is 2.31. The van der Waals surface area contributed by atoms with Gasteiger partial charge in [0.15, 0.2) is 0 Å². The van der Waals surface area contributed by atoms with Crippen LogP contribution in [0, 0.1) is 5.92 Å². The van der Waals surface area contributed by atoms with Crippen LogP contribution in [0.3, 0.4) is 0 Å². The molecule has 2 aliphatic heterocycles. The highest BCUT2D eigenvalue weighted by molar-refractivity contribution is 5.86. The molecule has 0 aromatic carbocycles. The van der Waals surface area contributed by atoms with Gasteiger partial charge >= 0.3 is 0 Å². The van der Waals surface area contributed by atoms with Crippen molar-refractivity contribution in [3.63, 3.8) is 0 Å². The van der Waals surface area contributed by atoms with E-state index in [0.717, 1.165) is 39.3 Å². The Morgan fingerprint density at radius 2 is 2.22 bits per heavy atom. The number of carbonyl (C=O) groups excluding carboxylic acids is 2. The molecule has 0 radical (unpaired) electrons. The Hall–Kier alpha value is -1.14. The van der Waals surface area contributed by atoms with E-state index in [1.807, 2.05) is 0 Å². The van der Waals surface area contributed by atoms with Gasteiger partial charge in [0.1, 0.15) is 0 Å². The molecular weight excluding hydrogens is 234 g/mol. The third kappa shape index (κ3) is 3.96. The van der Waals surface area contributed by atoms with Crippen molar-refractivity contribution in [2.75, 3.05) is 45.9 Å². The first-order valence-corrected chi connectivity index (χ1v) is 6.60. The number of nitrogens with one attached hydrogen (secondary N) is 2. The van der Waals surface area contributed by atoms with Gasteiger partial charge in [-0.1, -0.05) is 0 Å². The van der Waals surface area contributed by atoms with Gasteiger partial charge in [0, 0.05) is 45.1 Å². The summed E-state index contributed by atoms with van der Waals surface area (Å²) >= 11 is 0. The molecule has 2 amide bonds. The molecule has 18 heavy (non-hydrogen) atoms. The fourth-order valence-corrected chi connectivity index (χ4v) is 2.31. The molecule has 1 atom stereocenters. The SMILES string of the molecule is O=C1CC(C(=O)NCCN2CCOCC2)CCN1. The Balaban J connectivity index is 1.63. The molecule has 0 bridgehead atoms. The lowest BCUT2D eigenvalue weighted by Gasteiger charge is -2.27. The van der Waals surface area contributed by atoms with Crippen LogP contribution in [0.1, 0.15) is 12.8 Å². The predicted octanol–water partition coefficient (Wildman–Crippen LogP) is -1.04. The van der Waals surface area contributed by atoms with Crippen molar-refractivity contribution in [1.82, 2.24) is 15.5 Å². The second kappa shape index (κ2) is 6.70. The Labute approximate surface area is 107 Å². The van der Waals surface area contributed by atoms with E-state index in [1.54, 1.807) is 0 Å². The number of amides is 2. The average molecular weight is 255 g/mol. The molecule has 1 unspecified atom stereocenters. The highest BCUT2D eigenvalue weighted by atomic mass is 16.5. The van der Waals surface area contributed by atoms with Gasteiger partial charge in [-0.05, 0) is 6.42 Å². The first kappa shape index (κ1) is 13.3. The molecule has 2 aliphatic rings. The first-order valence-electron chi connectivity index (χ1n) is 6.60. The number of piperidine rings is 1. The van der Waals surface area contributed by atoms with Crippen molar-refractivity contribution in [2.45, 2.75) is 12.8 Å². The smallest absolute Gasteiger partial charge is 0.223 e. The standard InChI is InChI=1S/C12H21N3O3/c16-11-9-10(1-2-13-11)12(17)14-3-4-15-5-7-18-8-6-15/h10H,1-9H2,(H,13,16)(H,14,17). The number of nitrogens with zero attached hydrogens (tertiary/aromatic N) is 1. The maximum absolute atomic E-state index is 11.9. The van der Waals surface area contributed by atoms with Crippen LogP contribution in [-0.2, 0) is 14.3 Å². The normalized spacial score (nSPS) is 25.6. The van der Waals surface area contributed by atoms with E-state index in [4.69, 9.17) is 4.74 Å². The Morgan fingerprint density at radius 1 is 1.44 bits per heavy atom. The number of ether oxygens (including phenoxy) is 1. The van der Waals surface area contributed by atoms with Crippen molar-refractivity contribution in [3.8, 4) is 0 Å².